The molecule has 0 aromatic heterocycles. The largest absolute Gasteiger partial charge is 0.496 e. The third kappa shape index (κ3) is 2.77. The van der Waals surface area contributed by atoms with Crippen LogP contribution < -0.4 is 19.9 Å². The molecule has 2 atom stereocenters. The summed E-state index contributed by atoms with van der Waals surface area (Å²) in [6, 6.07) is 2.97. The Balaban J connectivity index is 2.40. The van der Waals surface area contributed by atoms with Crippen LogP contribution in [0.1, 0.15) is 24.4 Å². The van der Waals surface area contributed by atoms with Gasteiger partial charge in [0.2, 0.25) is 0 Å². The maximum atomic E-state index is 10.2. The lowest BCUT2D eigenvalue weighted by atomic mass is 9.97. The number of aliphatic hydroxyl groups excluding tert-OH is 1. The van der Waals surface area contributed by atoms with Crippen LogP contribution in [-0.4, -0.2) is 32.5 Å². The molecule has 5 heteroatoms. The lowest BCUT2D eigenvalue weighted by Crippen LogP contribution is -2.28. The summed E-state index contributed by atoms with van der Waals surface area (Å²) in [6.45, 7) is 0. The highest BCUT2D eigenvalue weighted by atomic mass is 16.5. The minimum atomic E-state index is -0.573. The first-order valence-corrected chi connectivity index (χ1v) is 6.36. The van der Waals surface area contributed by atoms with Gasteiger partial charge in [-0.15, -0.1) is 0 Å². The molecule has 0 bridgehead atoms. The molecule has 0 radical (unpaired) electrons. The summed E-state index contributed by atoms with van der Waals surface area (Å²) in [5.74, 6) is 2.06. The molecule has 1 aliphatic carbocycles. The van der Waals surface area contributed by atoms with Crippen molar-refractivity contribution in [1.29, 1.82) is 0 Å². The molecule has 0 heterocycles. The van der Waals surface area contributed by atoms with Crippen LogP contribution in [-0.2, 0) is 0 Å². The minimum Gasteiger partial charge on any atom is -0.496 e. The van der Waals surface area contributed by atoms with Crippen LogP contribution in [0.15, 0.2) is 12.1 Å². The van der Waals surface area contributed by atoms with Crippen molar-refractivity contribution in [3.63, 3.8) is 0 Å². The number of rotatable bonds is 6. The van der Waals surface area contributed by atoms with Gasteiger partial charge in [0.25, 0.3) is 0 Å². The van der Waals surface area contributed by atoms with Crippen molar-refractivity contribution in [2.45, 2.75) is 25.0 Å². The van der Waals surface area contributed by atoms with Gasteiger partial charge in [-0.25, -0.2) is 0 Å². The van der Waals surface area contributed by atoms with Crippen LogP contribution in [0.4, 0.5) is 0 Å². The Kier molecular flexibility index (Phi) is 4.17. The Morgan fingerprint density at radius 3 is 2.00 bits per heavy atom. The van der Waals surface area contributed by atoms with Crippen LogP contribution in [0, 0.1) is 5.92 Å². The third-order valence-corrected chi connectivity index (χ3v) is 3.56. The highest BCUT2D eigenvalue weighted by Crippen LogP contribution is 2.43. The number of methoxy groups -OCH3 is 3. The number of ether oxygens (including phenoxy) is 3. The summed E-state index contributed by atoms with van der Waals surface area (Å²) >= 11 is 0. The lowest BCUT2D eigenvalue weighted by molar-refractivity contribution is 0.120. The van der Waals surface area contributed by atoms with Crippen molar-refractivity contribution in [1.82, 2.24) is 0 Å². The SMILES string of the molecule is COc1cc(OC)c([C@H](N)[C@H](O)C2CC2)c(OC)c1. The lowest BCUT2D eigenvalue weighted by Gasteiger charge is -2.23. The van der Waals surface area contributed by atoms with E-state index in [1.165, 1.54) is 0 Å². The van der Waals surface area contributed by atoms with Crippen molar-refractivity contribution in [2.75, 3.05) is 21.3 Å². The summed E-state index contributed by atoms with van der Waals surface area (Å²) in [4.78, 5) is 0. The number of hydrogen-bond acceptors (Lipinski definition) is 5. The maximum absolute atomic E-state index is 10.2. The molecule has 1 aromatic rings. The number of aliphatic hydroxyl groups is 1. The Bertz CT molecular complexity index is 420. The molecule has 3 N–H and O–H groups in total. The molecule has 0 spiro atoms. The predicted molar refractivity (Wildman–Crippen MR) is 71.8 cm³/mol. The normalized spacial score (nSPS) is 17.7. The van der Waals surface area contributed by atoms with Crippen molar-refractivity contribution in [3.05, 3.63) is 17.7 Å². The first kappa shape index (κ1) is 14.0. The summed E-state index contributed by atoms with van der Waals surface area (Å²) in [5.41, 5.74) is 6.86. The van der Waals surface area contributed by atoms with E-state index in [-0.39, 0.29) is 5.92 Å². The van der Waals surface area contributed by atoms with Gasteiger partial charge in [-0.3, -0.25) is 0 Å². The van der Waals surface area contributed by atoms with Crippen LogP contribution in [0.2, 0.25) is 0 Å². The topological polar surface area (TPSA) is 73.9 Å². The monoisotopic (exact) mass is 267 g/mol. The van der Waals surface area contributed by atoms with Crippen LogP contribution in [0.25, 0.3) is 0 Å². The van der Waals surface area contributed by atoms with Gasteiger partial charge in [0.15, 0.2) is 0 Å². The van der Waals surface area contributed by atoms with E-state index in [1.807, 2.05) is 0 Å². The van der Waals surface area contributed by atoms with E-state index in [0.29, 0.717) is 22.8 Å². The molecule has 0 unspecified atom stereocenters. The molecule has 5 nitrogen and oxygen atoms in total. The molecule has 0 aliphatic heterocycles. The Morgan fingerprint density at radius 1 is 1.11 bits per heavy atom. The summed E-state index contributed by atoms with van der Waals surface area (Å²) in [7, 11) is 4.70. The average Bonchev–Trinajstić information content (AvgIpc) is 3.28. The van der Waals surface area contributed by atoms with Crippen LogP contribution >= 0.6 is 0 Å². The molecule has 1 saturated carbocycles. The number of hydrogen-bond donors (Lipinski definition) is 2. The molecule has 1 fully saturated rings. The predicted octanol–water partition coefficient (Wildman–Crippen LogP) is 1.48. The van der Waals surface area contributed by atoms with E-state index in [2.05, 4.69) is 0 Å². The van der Waals surface area contributed by atoms with Gasteiger partial charge in [-0.1, -0.05) is 0 Å². The maximum Gasteiger partial charge on any atom is 0.131 e. The average molecular weight is 267 g/mol. The van der Waals surface area contributed by atoms with E-state index in [1.54, 1.807) is 33.5 Å². The highest BCUT2D eigenvalue weighted by molar-refractivity contribution is 5.52. The number of benzene rings is 1. The summed E-state index contributed by atoms with van der Waals surface area (Å²) < 4.78 is 15.9. The molecule has 0 saturated heterocycles. The summed E-state index contributed by atoms with van der Waals surface area (Å²) in [6.07, 6.45) is 1.47. The zero-order chi connectivity index (χ0) is 14.0. The molecular formula is C14H21NO4. The third-order valence-electron chi connectivity index (χ3n) is 3.56. The molecule has 1 aliphatic rings. The fourth-order valence-electron chi connectivity index (χ4n) is 2.26. The molecular weight excluding hydrogens is 246 g/mol. The molecule has 2 rings (SSSR count). The first-order valence-electron chi connectivity index (χ1n) is 6.36. The summed E-state index contributed by atoms with van der Waals surface area (Å²) in [5, 5.41) is 10.2. The van der Waals surface area contributed by atoms with E-state index in [9.17, 15) is 5.11 Å². The van der Waals surface area contributed by atoms with Crippen molar-refractivity contribution < 1.29 is 19.3 Å². The fraction of sp³-hybridized carbons (Fsp3) is 0.571. The van der Waals surface area contributed by atoms with E-state index < -0.39 is 12.1 Å². The van der Waals surface area contributed by atoms with Gasteiger partial charge >= 0.3 is 0 Å². The van der Waals surface area contributed by atoms with Gasteiger partial charge in [0, 0.05) is 12.1 Å². The first-order chi connectivity index (χ1) is 9.12. The van der Waals surface area contributed by atoms with Gasteiger partial charge in [0.05, 0.1) is 39.0 Å². The Hall–Kier alpha value is -1.46. The second-order valence-electron chi connectivity index (χ2n) is 4.80. The molecule has 1 aromatic carbocycles. The van der Waals surface area contributed by atoms with E-state index >= 15 is 0 Å². The van der Waals surface area contributed by atoms with Gasteiger partial charge in [-0.05, 0) is 18.8 Å². The molecule has 0 amide bonds. The standard InChI is InChI=1S/C14H21NO4/c1-17-9-6-10(18-2)12(11(7-9)19-3)13(15)14(16)8-4-5-8/h6-8,13-14,16H,4-5,15H2,1-3H3/t13-,14+/m0/s1. The molecule has 19 heavy (non-hydrogen) atoms. The zero-order valence-corrected chi connectivity index (χ0v) is 11.6. The van der Waals surface area contributed by atoms with Crippen LogP contribution in [0.3, 0.4) is 0 Å². The Morgan fingerprint density at radius 2 is 1.63 bits per heavy atom. The van der Waals surface area contributed by atoms with E-state index in [0.717, 1.165) is 12.8 Å². The highest BCUT2D eigenvalue weighted by Gasteiger charge is 2.36. The fourth-order valence-corrected chi connectivity index (χ4v) is 2.26. The number of nitrogens with two attached hydrogens (primary N) is 1. The van der Waals surface area contributed by atoms with Crippen molar-refractivity contribution >= 4 is 0 Å². The quantitative estimate of drug-likeness (QED) is 0.816. The minimum absolute atomic E-state index is 0.284. The Labute approximate surface area is 113 Å². The van der Waals surface area contributed by atoms with Gasteiger partial charge < -0.3 is 25.1 Å². The second kappa shape index (κ2) is 5.67. The zero-order valence-electron chi connectivity index (χ0n) is 11.6. The van der Waals surface area contributed by atoms with E-state index in [4.69, 9.17) is 19.9 Å². The smallest absolute Gasteiger partial charge is 0.131 e. The molecule has 106 valence electrons. The second-order valence-corrected chi connectivity index (χ2v) is 4.80. The van der Waals surface area contributed by atoms with Crippen molar-refractivity contribution in [2.24, 2.45) is 11.7 Å². The van der Waals surface area contributed by atoms with Gasteiger partial charge in [0.1, 0.15) is 17.2 Å². The van der Waals surface area contributed by atoms with Gasteiger partial charge in [-0.2, -0.15) is 0 Å². The van der Waals surface area contributed by atoms with Crippen LogP contribution in [0.5, 0.6) is 17.2 Å². The van der Waals surface area contributed by atoms with Crippen molar-refractivity contribution in [3.8, 4) is 17.2 Å².